The van der Waals surface area contributed by atoms with Crippen molar-refractivity contribution in [3.63, 3.8) is 0 Å². The first-order valence-electron chi connectivity index (χ1n) is 14.3. The Morgan fingerprint density at radius 1 is 0.676 bits per heavy atom. The molecule has 1 aliphatic carbocycles. The predicted octanol–water partition coefficient (Wildman–Crippen LogP) is 9.20. The van der Waals surface area contributed by atoms with Crippen molar-refractivity contribution >= 4 is 0 Å². The largest absolute Gasteiger partial charge is 0.494 e. The quantitative estimate of drug-likeness (QED) is 0.232. The highest BCUT2D eigenvalue weighted by atomic mass is 16.5. The molecule has 1 fully saturated rings. The Hall–Kier alpha value is -1.90. The first-order valence-corrected chi connectivity index (χ1v) is 14.3. The lowest BCUT2D eigenvalue weighted by atomic mass is 9.78. The van der Waals surface area contributed by atoms with E-state index in [1.165, 1.54) is 89.9 Å². The van der Waals surface area contributed by atoms with E-state index in [4.69, 9.17) is 4.74 Å². The fourth-order valence-electron chi connectivity index (χ4n) is 5.29. The maximum atomic E-state index is 5.86. The van der Waals surface area contributed by atoms with E-state index < -0.39 is 0 Å². The van der Waals surface area contributed by atoms with Crippen LogP contribution in [0, 0.1) is 11.8 Å². The van der Waals surface area contributed by atoms with Crippen LogP contribution in [0.1, 0.15) is 116 Å². The summed E-state index contributed by atoms with van der Waals surface area (Å²) in [5, 5.41) is 9.05. The Kier molecular flexibility index (Phi) is 12.5. The van der Waals surface area contributed by atoms with Crippen molar-refractivity contribution in [1.82, 2.24) is 10.2 Å². The molecule has 0 N–H and O–H groups in total. The van der Waals surface area contributed by atoms with E-state index in [1.807, 2.05) is 12.1 Å². The van der Waals surface area contributed by atoms with Crippen molar-refractivity contribution in [3.05, 3.63) is 42.1 Å². The third kappa shape index (κ3) is 9.76. The molecular formula is C31H48N2O. The minimum atomic E-state index is 0.800. The number of benzene rings is 1. The minimum absolute atomic E-state index is 0.800. The SMILES string of the molecule is CCCCCCCC1CCC(CCc2ccc(-c3ccc(OCCCCCC)cc3)nn2)CC1. The van der Waals surface area contributed by atoms with E-state index in [0.717, 1.165) is 54.0 Å². The first-order chi connectivity index (χ1) is 16.8. The Morgan fingerprint density at radius 2 is 1.32 bits per heavy atom. The van der Waals surface area contributed by atoms with Crippen molar-refractivity contribution in [1.29, 1.82) is 0 Å². The smallest absolute Gasteiger partial charge is 0.119 e. The average Bonchev–Trinajstić information content (AvgIpc) is 2.89. The summed E-state index contributed by atoms with van der Waals surface area (Å²) >= 11 is 0. The van der Waals surface area contributed by atoms with Crippen LogP contribution in [-0.2, 0) is 6.42 Å². The number of rotatable bonds is 16. The van der Waals surface area contributed by atoms with Crippen molar-refractivity contribution < 1.29 is 4.74 Å². The lowest BCUT2D eigenvalue weighted by Gasteiger charge is -2.28. The normalized spacial score (nSPS) is 18.2. The standard InChI is InChI=1S/C31H48N2O/c1-3-5-7-9-10-12-26-13-15-27(16-14-26)17-20-29-21-24-31(33-32-29)28-18-22-30(23-19-28)34-25-11-8-6-4-2/h18-19,21-24,26-27H,3-17,20,25H2,1-2H3. The van der Waals surface area contributed by atoms with Crippen LogP contribution < -0.4 is 4.74 Å². The maximum Gasteiger partial charge on any atom is 0.119 e. The number of unbranched alkanes of at least 4 members (excludes halogenated alkanes) is 7. The van der Waals surface area contributed by atoms with Gasteiger partial charge in [-0.25, -0.2) is 0 Å². The number of hydrogen-bond acceptors (Lipinski definition) is 3. The van der Waals surface area contributed by atoms with E-state index in [9.17, 15) is 0 Å². The van der Waals surface area contributed by atoms with Crippen LogP contribution in [0.3, 0.4) is 0 Å². The molecule has 3 nitrogen and oxygen atoms in total. The Balaban J connectivity index is 1.33. The first kappa shape index (κ1) is 26.7. The zero-order chi connectivity index (χ0) is 23.8. The second-order valence-corrected chi connectivity index (χ2v) is 10.5. The summed E-state index contributed by atoms with van der Waals surface area (Å²) in [6.07, 6.45) is 21.5. The monoisotopic (exact) mass is 464 g/mol. The molecule has 0 atom stereocenters. The van der Waals surface area contributed by atoms with Gasteiger partial charge >= 0.3 is 0 Å². The molecule has 34 heavy (non-hydrogen) atoms. The van der Waals surface area contributed by atoms with Crippen molar-refractivity contribution in [2.24, 2.45) is 11.8 Å². The van der Waals surface area contributed by atoms with Crippen molar-refractivity contribution in [2.45, 2.75) is 117 Å². The number of aromatic nitrogens is 2. The summed E-state index contributed by atoms with van der Waals surface area (Å²) in [6.45, 7) is 5.33. The van der Waals surface area contributed by atoms with E-state index in [-0.39, 0.29) is 0 Å². The van der Waals surface area contributed by atoms with Gasteiger partial charge in [0.25, 0.3) is 0 Å². The third-order valence-corrected chi connectivity index (χ3v) is 7.63. The van der Waals surface area contributed by atoms with E-state index in [2.05, 4.69) is 48.3 Å². The Bertz CT molecular complexity index is 763. The second kappa shape index (κ2) is 15.9. The molecule has 3 rings (SSSR count). The fourth-order valence-corrected chi connectivity index (χ4v) is 5.29. The van der Waals surface area contributed by atoms with Gasteiger partial charge in [-0.05, 0) is 67.5 Å². The number of nitrogens with zero attached hydrogens (tertiary/aromatic N) is 2. The van der Waals surface area contributed by atoms with Crippen LogP contribution in [0.4, 0.5) is 0 Å². The number of aryl methyl sites for hydroxylation is 1. The highest BCUT2D eigenvalue weighted by Gasteiger charge is 2.20. The summed E-state index contributed by atoms with van der Waals surface area (Å²) in [5.74, 6) is 2.82. The molecule has 0 saturated heterocycles. The fraction of sp³-hybridized carbons (Fsp3) is 0.677. The molecule has 1 aromatic carbocycles. The predicted molar refractivity (Wildman–Crippen MR) is 144 cm³/mol. The molecule has 1 heterocycles. The van der Waals surface area contributed by atoms with E-state index in [1.54, 1.807) is 0 Å². The number of hydrogen-bond donors (Lipinski definition) is 0. The van der Waals surface area contributed by atoms with Crippen LogP contribution in [-0.4, -0.2) is 16.8 Å². The van der Waals surface area contributed by atoms with Gasteiger partial charge in [0.1, 0.15) is 5.75 Å². The third-order valence-electron chi connectivity index (χ3n) is 7.63. The van der Waals surface area contributed by atoms with Crippen molar-refractivity contribution in [2.75, 3.05) is 6.61 Å². The molecule has 1 aliphatic rings. The van der Waals surface area contributed by atoms with E-state index in [0.29, 0.717) is 0 Å². The van der Waals surface area contributed by atoms with Gasteiger partial charge in [-0.15, -0.1) is 0 Å². The van der Waals surface area contributed by atoms with Gasteiger partial charge in [-0.3, -0.25) is 0 Å². The van der Waals surface area contributed by atoms with Crippen LogP contribution in [0.5, 0.6) is 5.75 Å². The molecule has 0 aliphatic heterocycles. The lowest BCUT2D eigenvalue weighted by Crippen LogP contribution is -2.15. The highest BCUT2D eigenvalue weighted by molar-refractivity contribution is 5.59. The van der Waals surface area contributed by atoms with Crippen molar-refractivity contribution in [3.8, 4) is 17.0 Å². The molecule has 0 amide bonds. The summed E-state index contributed by atoms with van der Waals surface area (Å²) in [6, 6.07) is 12.6. The van der Waals surface area contributed by atoms with Crippen LogP contribution >= 0.6 is 0 Å². The van der Waals surface area contributed by atoms with Gasteiger partial charge in [-0.1, -0.05) is 97.3 Å². The van der Waals surface area contributed by atoms with Gasteiger partial charge in [0.15, 0.2) is 0 Å². The summed E-state index contributed by atoms with van der Waals surface area (Å²) < 4.78 is 5.86. The molecule has 1 aromatic heterocycles. The van der Waals surface area contributed by atoms with Crippen LogP contribution in [0.15, 0.2) is 36.4 Å². The van der Waals surface area contributed by atoms with Crippen LogP contribution in [0.2, 0.25) is 0 Å². The zero-order valence-corrected chi connectivity index (χ0v) is 21.9. The zero-order valence-electron chi connectivity index (χ0n) is 21.9. The van der Waals surface area contributed by atoms with Gasteiger partial charge in [0.05, 0.1) is 18.0 Å². The second-order valence-electron chi connectivity index (χ2n) is 10.5. The summed E-state index contributed by atoms with van der Waals surface area (Å²) in [7, 11) is 0. The average molecular weight is 465 g/mol. The molecule has 0 spiro atoms. The lowest BCUT2D eigenvalue weighted by molar-refractivity contribution is 0.248. The molecule has 188 valence electrons. The minimum Gasteiger partial charge on any atom is -0.494 e. The molecule has 1 saturated carbocycles. The Morgan fingerprint density at radius 3 is 1.97 bits per heavy atom. The van der Waals surface area contributed by atoms with Gasteiger partial charge in [0.2, 0.25) is 0 Å². The summed E-state index contributed by atoms with van der Waals surface area (Å²) in [5.41, 5.74) is 3.18. The molecule has 3 heteroatoms. The molecule has 0 unspecified atom stereocenters. The topological polar surface area (TPSA) is 35.0 Å². The van der Waals surface area contributed by atoms with Crippen LogP contribution in [0.25, 0.3) is 11.3 Å². The molecule has 0 bridgehead atoms. The molecule has 2 aromatic rings. The van der Waals surface area contributed by atoms with Gasteiger partial charge in [-0.2, -0.15) is 10.2 Å². The molecule has 0 radical (unpaired) electrons. The van der Waals surface area contributed by atoms with Gasteiger partial charge in [0, 0.05) is 5.56 Å². The Labute approximate surface area is 209 Å². The maximum absolute atomic E-state index is 5.86. The number of ether oxygens (including phenoxy) is 1. The van der Waals surface area contributed by atoms with E-state index >= 15 is 0 Å². The highest BCUT2D eigenvalue weighted by Crippen LogP contribution is 2.34. The summed E-state index contributed by atoms with van der Waals surface area (Å²) in [4.78, 5) is 0. The van der Waals surface area contributed by atoms with Gasteiger partial charge < -0.3 is 4.74 Å². The molecular weight excluding hydrogens is 416 g/mol.